The van der Waals surface area contributed by atoms with E-state index >= 15 is 0 Å². The SMILES string of the molecule is CC.CF.c1ccc([Se](c2ccccc2)c2ccccc2)cc1. The predicted octanol–water partition coefficient (Wildman–Crippen LogP) is 3.81. The van der Waals surface area contributed by atoms with Gasteiger partial charge in [0.2, 0.25) is 0 Å². The Kier molecular flexibility index (Phi) is 9.70. The first kappa shape index (κ1) is 19.2. The van der Waals surface area contributed by atoms with Crippen LogP contribution in [0, 0.1) is 0 Å². The molecule has 0 fully saturated rings. The molecular formula is C21H24FSe. The third kappa shape index (κ3) is 5.67. The molecule has 2 heteroatoms. The molecule has 0 amide bonds. The van der Waals surface area contributed by atoms with Crippen molar-refractivity contribution in [2.75, 3.05) is 7.18 Å². The van der Waals surface area contributed by atoms with E-state index < -0.39 is 13.9 Å². The van der Waals surface area contributed by atoms with Crippen LogP contribution in [0.5, 0.6) is 0 Å². The molecule has 0 aliphatic rings. The summed E-state index contributed by atoms with van der Waals surface area (Å²) >= 11 is -1.15. The summed E-state index contributed by atoms with van der Waals surface area (Å²) in [7, 11) is 0.500. The fourth-order valence-electron chi connectivity index (χ4n) is 2.08. The Morgan fingerprint density at radius 3 is 0.913 bits per heavy atom. The number of halogens is 1. The van der Waals surface area contributed by atoms with Crippen LogP contribution in [0.2, 0.25) is 0 Å². The average Bonchev–Trinajstić information content (AvgIpc) is 2.68. The van der Waals surface area contributed by atoms with Gasteiger partial charge in [0, 0.05) is 0 Å². The van der Waals surface area contributed by atoms with Crippen molar-refractivity contribution < 1.29 is 4.39 Å². The van der Waals surface area contributed by atoms with Gasteiger partial charge in [0.05, 0.1) is 7.18 Å². The van der Waals surface area contributed by atoms with Crippen LogP contribution in [0.15, 0.2) is 91.0 Å². The molecule has 3 aromatic rings. The molecule has 0 unspecified atom stereocenters. The van der Waals surface area contributed by atoms with Crippen LogP contribution in [-0.4, -0.2) is 21.1 Å². The first-order chi connectivity index (χ1) is 11.4. The molecule has 0 heterocycles. The van der Waals surface area contributed by atoms with Crippen molar-refractivity contribution in [2.45, 2.75) is 13.8 Å². The van der Waals surface area contributed by atoms with Gasteiger partial charge in [-0.15, -0.1) is 0 Å². The van der Waals surface area contributed by atoms with Crippen LogP contribution in [0.3, 0.4) is 0 Å². The number of hydrogen-bond donors (Lipinski definition) is 0. The summed E-state index contributed by atoms with van der Waals surface area (Å²) in [5.41, 5.74) is 0. The molecule has 0 saturated carbocycles. The zero-order valence-electron chi connectivity index (χ0n) is 13.9. The van der Waals surface area contributed by atoms with Crippen molar-refractivity contribution in [3.8, 4) is 0 Å². The Morgan fingerprint density at radius 1 is 0.478 bits per heavy atom. The Morgan fingerprint density at radius 2 is 0.696 bits per heavy atom. The van der Waals surface area contributed by atoms with E-state index in [4.69, 9.17) is 0 Å². The molecule has 23 heavy (non-hydrogen) atoms. The van der Waals surface area contributed by atoms with Crippen LogP contribution in [-0.2, 0) is 0 Å². The van der Waals surface area contributed by atoms with Gasteiger partial charge in [-0.1, -0.05) is 13.8 Å². The van der Waals surface area contributed by atoms with Crippen LogP contribution in [0.4, 0.5) is 4.39 Å². The minimum absolute atomic E-state index is 0.500. The van der Waals surface area contributed by atoms with Gasteiger partial charge >= 0.3 is 118 Å². The molecule has 0 bridgehead atoms. The van der Waals surface area contributed by atoms with E-state index in [1.54, 1.807) is 0 Å². The molecule has 1 radical (unpaired) electrons. The molecule has 0 nitrogen and oxygen atoms in total. The van der Waals surface area contributed by atoms with Crippen LogP contribution in [0.25, 0.3) is 0 Å². The molecule has 0 aliphatic heterocycles. The van der Waals surface area contributed by atoms with Gasteiger partial charge in [-0.2, -0.15) is 0 Å². The Labute approximate surface area is 143 Å². The van der Waals surface area contributed by atoms with Crippen molar-refractivity contribution in [1.82, 2.24) is 0 Å². The van der Waals surface area contributed by atoms with E-state index in [0.29, 0.717) is 7.18 Å². The third-order valence-electron chi connectivity index (χ3n) is 2.94. The van der Waals surface area contributed by atoms with Gasteiger partial charge in [-0.25, -0.2) is 0 Å². The number of hydrogen-bond acceptors (Lipinski definition) is 0. The topological polar surface area (TPSA) is 0 Å². The van der Waals surface area contributed by atoms with Gasteiger partial charge in [-0.3, -0.25) is 4.39 Å². The molecule has 0 aliphatic carbocycles. The second-order valence-corrected chi connectivity index (χ2v) is 8.50. The first-order valence-electron chi connectivity index (χ1n) is 7.72. The van der Waals surface area contributed by atoms with E-state index in [9.17, 15) is 4.39 Å². The Hall–Kier alpha value is -1.89. The van der Waals surface area contributed by atoms with Crippen molar-refractivity contribution in [1.29, 1.82) is 0 Å². The van der Waals surface area contributed by atoms with Crippen LogP contribution >= 0.6 is 0 Å². The van der Waals surface area contributed by atoms with Gasteiger partial charge < -0.3 is 0 Å². The summed E-state index contributed by atoms with van der Waals surface area (Å²) in [5.74, 6) is 0. The zero-order chi connectivity index (χ0) is 16.9. The standard InChI is InChI=1S/C18H15Se.C2H6.CH3F/c1-4-10-16(11-5-1)19(17-12-6-2-7-13-17)18-14-8-3-9-15-18;2*1-2/h1-15H;1-2H3;1H3. The monoisotopic (exact) mass is 375 g/mol. The van der Waals surface area contributed by atoms with Gasteiger partial charge in [0.25, 0.3) is 0 Å². The van der Waals surface area contributed by atoms with E-state index in [-0.39, 0.29) is 0 Å². The normalized spacial score (nSPS) is 9.26. The second kappa shape index (κ2) is 11.6. The van der Waals surface area contributed by atoms with Crippen molar-refractivity contribution in [2.24, 2.45) is 0 Å². The number of rotatable bonds is 3. The quantitative estimate of drug-likeness (QED) is 0.612. The molecule has 3 rings (SSSR count). The molecule has 0 saturated heterocycles. The zero-order valence-corrected chi connectivity index (χ0v) is 15.7. The van der Waals surface area contributed by atoms with Crippen molar-refractivity contribution in [3.05, 3.63) is 91.0 Å². The van der Waals surface area contributed by atoms with Gasteiger partial charge in [0.1, 0.15) is 0 Å². The molecule has 0 atom stereocenters. The minimum atomic E-state index is -1.15. The summed E-state index contributed by atoms with van der Waals surface area (Å²) in [6, 6.07) is 32.6. The molecular weight excluding hydrogens is 350 g/mol. The third-order valence-corrected chi connectivity index (χ3v) is 7.62. The maximum atomic E-state index is 9.50. The molecule has 0 aromatic heterocycles. The average molecular weight is 374 g/mol. The molecule has 121 valence electrons. The van der Waals surface area contributed by atoms with Gasteiger partial charge in [0.15, 0.2) is 0 Å². The predicted molar refractivity (Wildman–Crippen MR) is 102 cm³/mol. The van der Waals surface area contributed by atoms with E-state index in [0.717, 1.165) is 0 Å². The first-order valence-corrected chi connectivity index (χ1v) is 10.3. The fourth-order valence-corrected chi connectivity index (χ4v) is 6.49. The molecule has 0 spiro atoms. The second-order valence-electron chi connectivity index (χ2n) is 4.25. The summed E-state index contributed by atoms with van der Waals surface area (Å²) in [5, 5.41) is 0. The Balaban J connectivity index is 0.000000615. The molecule has 0 N–H and O–H groups in total. The Bertz CT molecular complexity index is 530. The van der Waals surface area contributed by atoms with Crippen LogP contribution in [0.1, 0.15) is 13.8 Å². The van der Waals surface area contributed by atoms with Crippen LogP contribution < -0.4 is 13.4 Å². The summed E-state index contributed by atoms with van der Waals surface area (Å²) in [4.78, 5) is 0. The van der Waals surface area contributed by atoms with Crippen molar-refractivity contribution in [3.63, 3.8) is 0 Å². The maximum absolute atomic E-state index is 9.50. The fraction of sp³-hybridized carbons (Fsp3) is 0.143. The summed E-state index contributed by atoms with van der Waals surface area (Å²) in [6.45, 7) is 4.00. The molecule has 3 aromatic carbocycles. The summed E-state index contributed by atoms with van der Waals surface area (Å²) < 4.78 is 13.9. The van der Waals surface area contributed by atoms with E-state index in [1.165, 1.54) is 13.4 Å². The van der Waals surface area contributed by atoms with E-state index in [1.807, 2.05) is 13.8 Å². The van der Waals surface area contributed by atoms with Gasteiger partial charge in [-0.05, 0) is 0 Å². The summed E-state index contributed by atoms with van der Waals surface area (Å²) in [6.07, 6.45) is 0. The number of alkyl halides is 1. The van der Waals surface area contributed by atoms with Crippen molar-refractivity contribution >= 4 is 27.3 Å². The van der Waals surface area contributed by atoms with E-state index in [2.05, 4.69) is 91.0 Å². The number of benzene rings is 3.